The topological polar surface area (TPSA) is 46.5 Å². The third-order valence-electron chi connectivity index (χ3n) is 3.34. The molecule has 2 aromatic carbocycles. The summed E-state index contributed by atoms with van der Waals surface area (Å²) in [5, 5.41) is 9.41. The SMILES string of the molecule is COc1ccc(-c2cccc(CC(C)C)c2)c(C(=O)O)c1. The average Bonchev–Trinajstić information content (AvgIpc) is 2.46. The fraction of sp³-hybridized carbons (Fsp3) is 0.278. The summed E-state index contributed by atoms with van der Waals surface area (Å²) in [6.45, 7) is 4.34. The largest absolute Gasteiger partial charge is 0.497 e. The van der Waals surface area contributed by atoms with Gasteiger partial charge in [0, 0.05) is 0 Å². The minimum absolute atomic E-state index is 0.260. The third-order valence-corrected chi connectivity index (χ3v) is 3.34. The van der Waals surface area contributed by atoms with E-state index in [1.165, 1.54) is 12.7 Å². The van der Waals surface area contributed by atoms with Gasteiger partial charge in [-0.15, -0.1) is 0 Å². The van der Waals surface area contributed by atoms with Gasteiger partial charge < -0.3 is 9.84 Å². The van der Waals surface area contributed by atoms with E-state index in [1.807, 2.05) is 12.1 Å². The molecule has 0 saturated carbocycles. The quantitative estimate of drug-likeness (QED) is 0.892. The summed E-state index contributed by atoms with van der Waals surface area (Å²) in [5.41, 5.74) is 3.12. The maximum absolute atomic E-state index is 11.5. The van der Waals surface area contributed by atoms with Crippen LogP contribution in [0.4, 0.5) is 0 Å². The van der Waals surface area contributed by atoms with Crippen molar-refractivity contribution < 1.29 is 14.6 Å². The van der Waals surface area contributed by atoms with Gasteiger partial charge in [0.1, 0.15) is 5.75 Å². The highest BCUT2D eigenvalue weighted by Crippen LogP contribution is 2.28. The molecular formula is C18H20O3. The lowest BCUT2D eigenvalue weighted by Gasteiger charge is -2.11. The van der Waals surface area contributed by atoms with Gasteiger partial charge in [-0.3, -0.25) is 0 Å². The van der Waals surface area contributed by atoms with Crippen LogP contribution in [-0.4, -0.2) is 18.2 Å². The Morgan fingerprint density at radius 3 is 2.57 bits per heavy atom. The van der Waals surface area contributed by atoms with E-state index in [9.17, 15) is 9.90 Å². The molecule has 21 heavy (non-hydrogen) atoms. The van der Waals surface area contributed by atoms with Crippen molar-refractivity contribution in [2.24, 2.45) is 5.92 Å². The van der Waals surface area contributed by atoms with Crippen LogP contribution < -0.4 is 4.74 Å². The first-order valence-electron chi connectivity index (χ1n) is 7.02. The molecule has 110 valence electrons. The van der Waals surface area contributed by atoms with Crippen molar-refractivity contribution in [3.63, 3.8) is 0 Å². The summed E-state index contributed by atoms with van der Waals surface area (Å²) in [5.74, 6) is 0.169. The second kappa shape index (κ2) is 6.44. The van der Waals surface area contributed by atoms with Gasteiger partial charge in [-0.25, -0.2) is 4.79 Å². The molecule has 2 rings (SSSR count). The fourth-order valence-corrected chi connectivity index (χ4v) is 2.42. The van der Waals surface area contributed by atoms with Crippen LogP contribution in [0.1, 0.15) is 29.8 Å². The molecule has 0 aliphatic rings. The molecule has 1 N–H and O–H groups in total. The van der Waals surface area contributed by atoms with Gasteiger partial charge >= 0.3 is 5.97 Å². The van der Waals surface area contributed by atoms with Crippen molar-refractivity contribution in [1.29, 1.82) is 0 Å². The smallest absolute Gasteiger partial charge is 0.336 e. The number of aromatic carboxylic acids is 1. The van der Waals surface area contributed by atoms with E-state index >= 15 is 0 Å². The van der Waals surface area contributed by atoms with Crippen molar-refractivity contribution in [3.8, 4) is 16.9 Å². The molecule has 0 aromatic heterocycles. The number of carboxylic acids is 1. The maximum atomic E-state index is 11.5. The van der Waals surface area contributed by atoms with Gasteiger partial charge in [-0.1, -0.05) is 38.1 Å². The van der Waals surface area contributed by atoms with Crippen LogP contribution in [0.15, 0.2) is 42.5 Å². The Balaban J connectivity index is 2.48. The zero-order valence-corrected chi connectivity index (χ0v) is 12.6. The number of carbonyl (C=O) groups is 1. The fourth-order valence-electron chi connectivity index (χ4n) is 2.42. The van der Waals surface area contributed by atoms with E-state index in [0.717, 1.165) is 12.0 Å². The van der Waals surface area contributed by atoms with Gasteiger partial charge in [0.25, 0.3) is 0 Å². The van der Waals surface area contributed by atoms with E-state index in [2.05, 4.69) is 26.0 Å². The normalized spacial score (nSPS) is 10.7. The predicted molar refractivity (Wildman–Crippen MR) is 83.9 cm³/mol. The van der Waals surface area contributed by atoms with Crippen molar-refractivity contribution in [1.82, 2.24) is 0 Å². The molecule has 2 aromatic rings. The zero-order valence-electron chi connectivity index (χ0n) is 12.6. The second-order valence-corrected chi connectivity index (χ2v) is 5.52. The van der Waals surface area contributed by atoms with Crippen LogP contribution in [-0.2, 0) is 6.42 Å². The van der Waals surface area contributed by atoms with Crippen molar-refractivity contribution in [3.05, 3.63) is 53.6 Å². The summed E-state index contributed by atoms with van der Waals surface area (Å²) >= 11 is 0. The lowest BCUT2D eigenvalue weighted by molar-refractivity contribution is 0.0697. The number of hydrogen-bond acceptors (Lipinski definition) is 2. The first kappa shape index (κ1) is 15.1. The molecule has 0 aliphatic carbocycles. The van der Waals surface area contributed by atoms with Gasteiger partial charge in [0.15, 0.2) is 0 Å². The van der Waals surface area contributed by atoms with Crippen molar-refractivity contribution in [2.75, 3.05) is 7.11 Å². The molecule has 0 fully saturated rings. The van der Waals surface area contributed by atoms with Crippen LogP contribution in [0.3, 0.4) is 0 Å². The Morgan fingerprint density at radius 1 is 1.19 bits per heavy atom. The minimum atomic E-state index is -0.946. The molecule has 0 atom stereocenters. The van der Waals surface area contributed by atoms with E-state index in [1.54, 1.807) is 18.2 Å². The molecule has 0 aliphatic heterocycles. The standard InChI is InChI=1S/C18H20O3/c1-12(2)9-13-5-4-6-14(10-13)16-8-7-15(21-3)11-17(16)18(19)20/h4-8,10-12H,9H2,1-3H3,(H,19,20). The number of methoxy groups -OCH3 is 1. The number of benzene rings is 2. The van der Waals surface area contributed by atoms with Gasteiger partial charge in [0.2, 0.25) is 0 Å². The molecule has 0 saturated heterocycles. The van der Waals surface area contributed by atoms with Crippen molar-refractivity contribution >= 4 is 5.97 Å². The van der Waals surface area contributed by atoms with Gasteiger partial charge in [-0.05, 0) is 47.2 Å². The number of hydrogen-bond donors (Lipinski definition) is 1. The average molecular weight is 284 g/mol. The van der Waals surface area contributed by atoms with Crippen LogP contribution in [0.25, 0.3) is 11.1 Å². The summed E-state index contributed by atoms with van der Waals surface area (Å²) < 4.78 is 5.11. The minimum Gasteiger partial charge on any atom is -0.497 e. The molecule has 0 bridgehead atoms. The highest BCUT2D eigenvalue weighted by atomic mass is 16.5. The highest BCUT2D eigenvalue weighted by molar-refractivity contribution is 5.96. The first-order chi connectivity index (χ1) is 10.0. The van der Waals surface area contributed by atoms with Gasteiger partial charge in [-0.2, -0.15) is 0 Å². The van der Waals surface area contributed by atoms with E-state index in [0.29, 0.717) is 17.2 Å². The van der Waals surface area contributed by atoms with Crippen LogP contribution in [0.2, 0.25) is 0 Å². The second-order valence-electron chi connectivity index (χ2n) is 5.52. The van der Waals surface area contributed by atoms with Crippen LogP contribution in [0, 0.1) is 5.92 Å². The molecule has 0 radical (unpaired) electrons. The zero-order chi connectivity index (χ0) is 15.4. The summed E-state index contributed by atoms with van der Waals surface area (Å²) in [6, 6.07) is 13.2. The Hall–Kier alpha value is -2.29. The van der Waals surface area contributed by atoms with Gasteiger partial charge in [0.05, 0.1) is 12.7 Å². The third kappa shape index (κ3) is 3.63. The predicted octanol–water partition coefficient (Wildman–Crippen LogP) is 4.26. The van der Waals surface area contributed by atoms with Crippen LogP contribution >= 0.6 is 0 Å². The maximum Gasteiger partial charge on any atom is 0.336 e. The molecule has 3 heteroatoms. The van der Waals surface area contributed by atoms with E-state index < -0.39 is 5.97 Å². The summed E-state index contributed by atoms with van der Waals surface area (Å²) in [6.07, 6.45) is 0.979. The Morgan fingerprint density at radius 2 is 1.95 bits per heavy atom. The molecule has 3 nitrogen and oxygen atoms in total. The Kier molecular flexibility index (Phi) is 4.63. The van der Waals surface area contributed by atoms with E-state index in [-0.39, 0.29) is 5.56 Å². The van der Waals surface area contributed by atoms with Crippen LogP contribution in [0.5, 0.6) is 5.75 Å². The molecule has 0 spiro atoms. The summed E-state index contributed by atoms with van der Waals surface area (Å²) in [7, 11) is 1.53. The first-order valence-corrected chi connectivity index (χ1v) is 7.02. The highest BCUT2D eigenvalue weighted by Gasteiger charge is 2.13. The Bertz CT molecular complexity index is 645. The van der Waals surface area contributed by atoms with E-state index in [4.69, 9.17) is 4.74 Å². The number of carboxylic acid groups (broad SMARTS) is 1. The number of ether oxygens (including phenoxy) is 1. The lowest BCUT2D eigenvalue weighted by Crippen LogP contribution is -2.01. The molecule has 0 unspecified atom stereocenters. The molecule has 0 amide bonds. The van der Waals surface area contributed by atoms with Crippen molar-refractivity contribution in [2.45, 2.75) is 20.3 Å². The summed E-state index contributed by atoms with van der Waals surface area (Å²) in [4.78, 5) is 11.5. The lowest BCUT2D eigenvalue weighted by atomic mass is 9.95. The molecule has 0 heterocycles. The Labute approximate surface area is 125 Å². The number of rotatable bonds is 5. The monoisotopic (exact) mass is 284 g/mol. The molecular weight excluding hydrogens is 264 g/mol.